The van der Waals surface area contributed by atoms with E-state index >= 15 is 0 Å². The van der Waals surface area contributed by atoms with Gasteiger partial charge in [-0.25, -0.2) is 0 Å². The van der Waals surface area contributed by atoms with Crippen molar-refractivity contribution < 1.29 is 24.2 Å². The Labute approximate surface area is 131 Å². The molecule has 22 heavy (non-hydrogen) atoms. The average molecular weight is 314 g/mol. The van der Waals surface area contributed by atoms with Gasteiger partial charge in [0.05, 0.1) is 12.5 Å². The van der Waals surface area contributed by atoms with Gasteiger partial charge in [-0.1, -0.05) is 0 Å². The Kier molecular flexibility index (Phi) is 8.50. The van der Waals surface area contributed by atoms with Gasteiger partial charge in [-0.05, 0) is 39.0 Å². The summed E-state index contributed by atoms with van der Waals surface area (Å²) in [7, 11) is 0. The summed E-state index contributed by atoms with van der Waals surface area (Å²) in [6.07, 6.45) is 3.60. The van der Waals surface area contributed by atoms with E-state index in [1.165, 1.54) is 4.90 Å². The molecule has 1 saturated heterocycles. The first-order chi connectivity index (χ1) is 10.6. The second-order valence-corrected chi connectivity index (χ2v) is 5.38. The smallest absolute Gasteiger partial charge is 0.311 e. The van der Waals surface area contributed by atoms with Gasteiger partial charge in [0.2, 0.25) is 0 Å². The first kappa shape index (κ1) is 18.4. The third-order valence-corrected chi connectivity index (χ3v) is 3.64. The molecule has 0 bridgehead atoms. The minimum absolute atomic E-state index is 0.135. The highest BCUT2D eigenvalue weighted by atomic mass is 16.5. The summed E-state index contributed by atoms with van der Waals surface area (Å²) in [5, 5.41) is 11.2. The molecule has 1 rings (SSSR count). The van der Waals surface area contributed by atoms with Gasteiger partial charge in [-0.15, -0.1) is 0 Å². The highest BCUT2D eigenvalue weighted by molar-refractivity contribution is 6.35. The van der Waals surface area contributed by atoms with Crippen molar-refractivity contribution in [1.29, 1.82) is 0 Å². The van der Waals surface area contributed by atoms with Crippen molar-refractivity contribution in [1.82, 2.24) is 10.2 Å². The normalized spacial score (nSPS) is 17.9. The van der Waals surface area contributed by atoms with Crippen molar-refractivity contribution in [2.24, 2.45) is 5.92 Å². The Bertz CT molecular complexity index is 386. The lowest BCUT2D eigenvalue weighted by molar-refractivity contribution is -0.154. The van der Waals surface area contributed by atoms with Crippen LogP contribution in [0.2, 0.25) is 0 Å². The number of esters is 1. The van der Waals surface area contributed by atoms with E-state index in [1.54, 1.807) is 6.92 Å². The third-order valence-electron chi connectivity index (χ3n) is 3.64. The lowest BCUT2D eigenvalue weighted by atomic mass is 9.98. The molecule has 7 heteroatoms. The molecule has 1 unspecified atom stereocenters. The zero-order valence-electron chi connectivity index (χ0n) is 13.2. The number of carbonyl (C=O) groups is 3. The lowest BCUT2D eigenvalue weighted by Gasteiger charge is -2.30. The first-order valence-electron chi connectivity index (χ1n) is 7.94. The average Bonchev–Trinajstić information content (AvgIpc) is 2.54. The fraction of sp³-hybridized carbons (Fsp3) is 0.800. The predicted molar refractivity (Wildman–Crippen MR) is 79.9 cm³/mol. The minimum Gasteiger partial charge on any atom is -0.466 e. The summed E-state index contributed by atoms with van der Waals surface area (Å²) in [5.74, 6) is -1.86. The van der Waals surface area contributed by atoms with Crippen LogP contribution in [0.25, 0.3) is 0 Å². The molecule has 0 spiro atoms. The van der Waals surface area contributed by atoms with Gasteiger partial charge in [0.25, 0.3) is 0 Å². The first-order valence-corrected chi connectivity index (χ1v) is 7.94. The molecule has 0 radical (unpaired) electrons. The number of aliphatic hydroxyl groups excluding tert-OH is 1. The van der Waals surface area contributed by atoms with Crippen LogP contribution in [0.4, 0.5) is 0 Å². The van der Waals surface area contributed by atoms with Gasteiger partial charge in [-0.2, -0.15) is 0 Å². The number of nitrogens with one attached hydrogen (secondary N) is 1. The second-order valence-electron chi connectivity index (χ2n) is 5.38. The van der Waals surface area contributed by atoms with E-state index in [0.717, 1.165) is 12.8 Å². The highest BCUT2D eigenvalue weighted by Gasteiger charge is 2.31. The van der Waals surface area contributed by atoms with Crippen LogP contribution < -0.4 is 5.32 Å². The van der Waals surface area contributed by atoms with Crippen molar-refractivity contribution in [3.63, 3.8) is 0 Å². The number of rotatable bonds is 7. The molecule has 0 saturated carbocycles. The zero-order chi connectivity index (χ0) is 16.4. The Hall–Kier alpha value is -1.63. The number of likely N-dealkylation sites (tertiary alicyclic amines) is 1. The topological polar surface area (TPSA) is 95.9 Å². The lowest BCUT2D eigenvalue weighted by Crippen LogP contribution is -2.48. The summed E-state index contributed by atoms with van der Waals surface area (Å²) in [6.45, 7) is 3.35. The van der Waals surface area contributed by atoms with Crippen LogP contribution in [0.1, 0.15) is 39.0 Å². The van der Waals surface area contributed by atoms with Gasteiger partial charge in [0.1, 0.15) is 0 Å². The molecule has 2 N–H and O–H groups in total. The Balaban J connectivity index is 2.37. The van der Waals surface area contributed by atoms with Crippen LogP contribution in [0.3, 0.4) is 0 Å². The SMILES string of the molecule is CCOC(=O)C1CCCN(C(=O)C(=O)NCCCCCO)C1. The summed E-state index contributed by atoms with van der Waals surface area (Å²) in [5.41, 5.74) is 0. The van der Waals surface area contributed by atoms with Crippen molar-refractivity contribution in [2.45, 2.75) is 39.0 Å². The summed E-state index contributed by atoms with van der Waals surface area (Å²) < 4.78 is 4.97. The molecular formula is C15H26N2O5. The van der Waals surface area contributed by atoms with Crippen LogP contribution in [-0.2, 0) is 19.1 Å². The van der Waals surface area contributed by atoms with E-state index in [9.17, 15) is 14.4 Å². The fourth-order valence-corrected chi connectivity index (χ4v) is 2.45. The molecule has 126 valence electrons. The summed E-state index contributed by atoms with van der Waals surface area (Å²) in [4.78, 5) is 37.0. The number of hydrogen-bond donors (Lipinski definition) is 2. The van der Waals surface area contributed by atoms with Crippen molar-refractivity contribution in [3.8, 4) is 0 Å². The standard InChI is InChI=1S/C15H26N2O5/c1-2-22-15(21)12-7-6-9-17(11-12)14(20)13(19)16-8-4-3-5-10-18/h12,18H,2-11H2,1H3,(H,16,19). The Morgan fingerprint density at radius 2 is 2.05 bits per heavy atom. The van der Waals surface area contributed by atoms with E-state index in [1.807, 2.05) is 0 Å². The molecule has 2 amide bonds. The van der Waals surface area contributed by atoms with E-state index in [4.69, 9.17) is 9.84 Å². The van der Waals surface area contributed by atoms with Crippen molar-refractivity contribution in [2.75, 3.05) is 32.8 Å². The fourth-order valence-electron chi connectivity index (χ4n) is 2.45. The maximum absolute atomic E-state index is 12.1. The van der Waals surface area contributed by atoms with Crippen LogP contribution in [0, 0.1) is 5.92 Å². The molecule has 0 aromatic rings. The van der Waals surface area contributed by atoms with Crippen LogP contribution in [-0.4, -0.2) is 60.6 Å². The van der Waals surface area contributed by atoms with E-state index < -0.39 is 11.8 Å². The molecule has 1 heterocycles. The number of amides is 2. The molecule has 0 aromatic carbocycles. The number of aliphatic hydroxyl groups is 1. The summed E-state index contributed by atoms with van der Waals surface area (Å²) >= 11 is 0. The summed E-state index contributed by atoms with van der Waals surface area (Å²) in [6, 6.07) is 0. The predicted octanol–water partition coefficient (Wildman–Crippen LogP) is 0.0669. The number of hydrogen-bond acceptors (Lipinski definition) is 5. The second kappa shape index (κ2) is 10.2. The van der Waals surface area contributed by atoms with E-state index in [2.05, 4.69) is 5.32 Å². The number of nitrogens with zero attached hydrogens (tertiary/aromatic N) is 1. The number of ether oxygens (including phenoxy) is 1. The maximum atomic E-state index is 12.1. The largest absolute Gasteiger partial charge is 0.466 e. The van der Waals surface area contributed by atoms with Gasteiger partial charge in [0.15, 0.2) is 0 Å². The molecule has 1 aliphatic rings. The quantitative estimate of drug-likeness (QED) is 0.394. The number of piperidine rings is 1. The Morgan fingerprint density at radius 1 is 1.27 bits per heavy atom. The molecule has 7 nitrogen and oxygen atoms in total. The van der Waals surface area contributed by atoms with Crippen LogP contribution in [0.5, 0.6) is 0 Å². The van der Waals surface area contributed by atoms with Gasteiger partial charge < -0.3 is 20.1 Å². The van der Waals surface area contributed by atoms with Crippen LogP contribution >= 0.6 is 0 Å². The Morgan fingerprint density at radius 3 is 2.73 bits per heavy atom. The molecule has 1 fully saturated rings. The molecular weight excluding hydrogens is 288 g/mol. The van der Waals surface area contributed by atoms with E-state index in [-0.39, 0.29) is 25.0 Å². The van der Waals surface area contributed by atoms with Gasteiger partial charge >= 0.3 is 17.8 Å². The van der Waals surface area contributed by atoms with Crippen molar-refractivity contribution in [3.05, 3.63) is 0 Å². The highest BCUT2D eigenvalue weighted by Crippen LogP contribution is 2.18. The molecule has 0 aromatic heterocycles. The van der Waals surface area contributed by atoms with Crippen LogP contribution in [0.15, 0.2) is 0 Å². The van der Waals surface area contributed by atoms with E-state index in [0.29, 0.717) is 39.0 Å². The minimum atomic E-state index is -0.631. The monoisotopic (exact) mass is 314 g/mol. The molecule has 1 aliphatic heterocycles. The van der Waals surface area contributed by atoms with Gasteiger partial charge in [-0.3, -0.25) is 14.4 Å². The molecule has 0 aliphatic carbocycles. The maximum Gasteiger partial charge on any atom is 0.311 e. The van der Waals surface area contributed by atoms with Gasteiger partial charge in [0, 0.05) is 26.2 Å². The third kappa shape index (κ3) is 6.01. The number of unbranched alkanes of at least 4 members (excludes halogenated alkanes) is 2. The van der Waals surface area contributed by atoms with Crippen molar-refractivity contribution >= 4 is 17.8 Å². The zero-order valence-corrected chi connectivity index (χ0v) is 13.2. The molecule has 1 atom stereocenters. The number of carbonyl (C=O) groups excluding carboxylic acids is 3.